The monoisotopic (exact) mass is 395 g/mol. The third-order valence-electron chi connectivity index (χ3n) is 3.25. The van der Waals surface area contributed by atoms with Crippen molar-refractivity contribution in [2.75, 3.05) is 11.1 Å². The highest BCUT2D eigenvalue weighted by atomic mass is 35.5. The van der Waals surface area contributed by atoms with Crippen molar-refractivity contribution in [1.29, 1.82) is 0 Å². The van der Waals surface area contributed by atoms with Gasteiger partial charge in [0.25, 0.3) is 0 Å². The van der Waals surface area contributed by atoms with Crippen LogP contribution in [-0.4, -0.2) is 21.2 Å². The number of hydrogen-bond donors (Lipinski definition) is 1. The molecule has 25 heavy (non-hydrogen) atoms. The first kappa shape index (κ1) is 17.8. The van der Waals surface area contributed by atoms with Crippen LogP contribution in [0, 0.1) is 5.82 Å². The number of carbonyl (C=O) groups excluding carboxylic acids is 1. The second kappa shape index (κ2) is 7.91. The molecule has 0 atom stereocenters. The number of hydrogen-bond acceptors (Lipinski definition) is 3. The summed E-state index contributed by atoms with van der Waals surface area (Å²) < 4.78 is 15.1. The molecular weight excluding hydrogens is 384 g/mol. The van der Waals surface area contributed by atoms with Gasteiger partial charge in [0.2, 0.25) is 5.91 Å². The van der Waals surface area contributed by atoms with E-state index in [2.05, 4.69) is 10.3 Å². The number of halogens is 3. The molecule has 1 amide bonds. The van der Waals surface area contributed by atoms with Gasteiger partial charge in [0.15, 0.2) is 5.16 Å². The molecule has 2 aromatic carbocycles. The Bertz CT molecular complexity index is 896. The van der Waals surface area contributed by atoms with Crippen molar-refractivity contribution in [2.45, 2.75) is 5.16 Å². The minimum Gasteiger partial charge on any atom is -0.323 e. The summed E-state index contributed by atoms with van der Waals surface area (Å²) in [4.78, 5) is 16.4. The van der Waals surface area contributed by atoms with E-state index in [0.29, 0.717) is 26.6 Å². The summed E-state index contributed by atoms with van der Waals surface area (Å²) >= 11 is 13.3. The first-order chi connectivity index (χ1) is 12.0. The van der Waals surface area contributed by atoms with Gasteiger partial charge in [-0.05, 0) is 30.3 Å². The number of nitrogens with one attached hydrogen (secondary N) is 1. The van der Waals surface area contributed by atoms with Crippen molar-refractivity contribution in [3.05, 3.63) is 70.7 Å². The number of thioether (sulfide) groups is 1. The average molecular weight is 396 g/mol. The fourth-order valence-electron chi connectivity index (χ4n) is 2.14. The van der Waals surface area contributed by atoms with Gasteiger partial charge in [0.05, 0.1) is 27.2 Å². The number of imidazole rings is 1. The minimum atomic E-state index is -0.340. The molecule has 8 heteroatoms. The zero-order chi connectivity index (χ0) is 17.8. The molecule has 1 heterocycles. The van der Waals surface area contributed by atoms with Crippen molar-refractivity contribution in [1.82, 2.24) is 9.55 Å². The maximum atomic E-state index is 13.4. The van der Waals surface area contributed by atoms with Crippen LogP contribution in [0.5, 0.6) is 0 Å². The van der Waals surface area contributed by atoms with Crippen molar-refractivity contribution in [3.63, 3.8) is 0 Å². The van der Waals surface area contributed by atoms with Crippen molar-refractivity contribution in [2.24, 2.45) is 0 Å². The van der Waals surface area contributed by atoms with Crippen LogP contribution in [0.1, 0.15) is 0 Å². The second-order valence-electron chi connectivity index (χ2n) is 4.99. The summed E-state index contributed by atoms with van der Waals surface area (Å²) in [5.74, 6) is -0.504. The summed E-state index contributed by atoms with van der Waals surface area (Å²) in [7, 11) is 0. The van der Waals surface area contributed by atoms with E-state index in [4.69, 9.17) is 23.2 Å². The number of aromatic nitrogens is 2. The van der Waals surface area contributed by atoms with Crippen LogP contribution < -0.4 is 5.32 Å². The number of para-hydroxylation sites is 1. The molecule has 3 rings (SSSR count). The van der Waals surface area contributed by atoms with Crippen LogP contribution in [0.25, 0.3) is 5.69 Å². The Balaban J connectivity index is 1.69. The van der Waals surface area contributed by atoms with Crippen LogP contribution in [0.4, 0.5) is 10.1 Å². The lowest BCUT2D eigenvalue weighted by molar-refractivity contribution is -0.113. The van der Waals surface area contributed by atoms with Crippen LogP contribution in [0.15, 0.2) is 60.0 Å². The smallest absolute Gasteiger partial charge is 0.234 e. The molecule has 0 aliphatic carbocycles. The van der Waals surface area contributed by atoms with E-state index in [1.807, 2.05) is 0 Å². The first-order valence-electron chi connectivity index (χ1n) is 7.20. The zero-order valence-electron chi connectivity index (χ0n) is 12.7. The number of rotatable bonds is 5. The van der Waals surface area contributed by atoms with Crippen LogP contribution in [0.2, 0.25) is 10.0 Å². The quantitative estimate of drug-likeness (QED) is 0.614. The maximum Gasteiger partial charge on any atom is 0.234 e. The molecule has 4 nitrogen and oxygen atoms in total. The molecule has 0 radical (unpaired) electrons. The molecule has 0 bridgehead atoms. The second-order valence-corrected chi connectivity index (χ2v) is 6.75. The van der Waals surface area contributed by atoms with Gasteiger partial charge in [0.1, 0.15) is 5.82 Å². The molecule has 1 N–H and O–H groups in total. The lowest BCUT2D eigenvalue weighted by Crippen LogP contribution is -2.15. The molecule has 0 fully saturated rings. The fourth-order valence-corrected chi connectivity index (χ4v) is 3.41. The van der Waals surface area contributed by atoms with E-state index in [1.165, 1.54) is 23.9 Å². The third kappa shape index (κ3) is 4.34. The standard InChI is InChI=1S/C17H12Cl2FN3OS/c18-13-5-2-6-14(19)16(13)22-15(24)10-25-17-21-7-8-23(17)12-4-1-3-11(20)9-12/h1-9H,10H2,(H,22,24). The fraction of sp³-hybridized carbons (Fsp3) is 0.0588. The number of amides is 1. The molecule has 0 unspecified atom stereocenters. The normalized spacial score (nSPS) is 10.7. The first-order valence-corrected chi connectivity index (χ1v) is 8.94. The zero-order valence-corrected chi connectivity index (χ0v) is 15.1. The van der Waals surface area contributed by atoms with Gasteiger partial charge in [-0.25, -0.2) is 9.37 Å². The topological polar surface area (TPSA) is 46.9 Å². The average Bonchev–Trinajstić information content (AvgIpc) is 3.05. The van der Waals surface area contributed by atoms with Crippen molar-refractivity contribution < 1.29 is 9.18 Å². The predicted octanol–water partition coefficient (Wildman–Crippen LogP) is 5.05. The SMILES string of the molecule is O=C(CSc1nccn1-c1cccc(F)c1)Nc1c(Cl)cccc1Cl. The highest BCUT2D eigenvalue weighted by molar-refractivity contribution is 7.99. The lowest BCUT2D eigenvalue weighted by atomic mass is 10.3. The lowest BCUT2D eigenvalue weighted by Gasteiger charge is -2.10. The number of anilines is 1. The van der Waals surface area contributed by atoms with E-state index in [0.717, 1.165) is 0 Å². The molecule has 1 aromatic heterocycles. The summed E-state index contributed by atoms with van der Waals surface area (Å²) in [6, 6.07) is 11.1. The number of carbonyl (C=O) groups is 1. The molecule has 3 aromatic rings. The molecule has 0 spiro atoms. The molecule has 128 valence electrons. The summed E-state index contributed by atoms with van der Waals surface area (Å²) in [6.07, 6.45) is 3.30. The molecule has 0 aliphatic heterocycles. The van der Waals surface area contributed by atoms with E-state index >= 15 is 0 Å². The summed E-state index contributed by atoms with van der Waals surface area (Å²) in [5.41, 5.74) is 1.01. The van der Waals surface area contributed by atoms with Gasteiger partial charge in [0, 0.05) is 12.4 Å². The van der Waals surface area contributed by atoms with Gasteiger partial charge in [-0.3, -0.25) is 9.36 Å². The Morgan fingerprint density at radius 2 is 1.92 bits per heavy atom. The summed E-state index contributed by atoms with van der Waals surface area (Å²) in [5, 5.41) is 4.00. The third-order valence-corrected chi connectivity index (χ3v) is 4.85. The van der Waals surface area contributed by atoms with E-state index in [-0.39, 0.29) is 17.5 Å². The van der Waals surface area contributed by atoms with Gasteiger partial charge in [-0.2, -0.15) is 0 Å². The Kier molecular flexibility index (Phi) is 5.63. The minimum absolute atomic E-state index is 0.105. The molecule has 0 saturated heterocycles. The van der Waals surface area contributed by atoms with E-state index in [9.17, 15) is 9.18 Å². The number of nitrogens with zero attached hydrogens (tertiary/aromatic N) is 2. The Labute approximate surface area is 158 Å². The van der Waals surface area contributed by atoms with Gasteiger partial charge in [-0.15, -0.1) is 0 Å². The maximum absolute atomic E-state index is 13.4. The largest absolute Gasteiger partial charge is 0.323 e. The Morgan fingerprint density at radius 3 is 2.64 bits per heavy atom. The predicted molar refractivity (Wildman–Crippen MR) is 99.3 cm³/mol. The van der Waals surface area contributed by atoms with Crippen molar-refractivity contribution >= 4 is 46.6 Å². The van der Waals surface area contributed by atoms with Crippen molar-refractivity contribution in [3.8, 4) is 5.69 Å². The van der Waals surface area contributed by atoms with Crippen LogP contribution >= 0.6 is 35.0 Å². The van der Waals surface area contributed by atoms with Crippen LogP contribution in [-0.2, 0) is 4.79 Å². The van der Waals surface area contributed by atoms with Gasteiger partial charge in [-0.1, -0.05) is 47.1 Å². The Morgan fingerprint density at radius 1 is 1.20 bits per heavy atom. The molecular formula is C17H12Cl2FN3OS. The molecule has 0 saturated carbocycles. The molecule has 0 aliphatic rings. The van der Waals surface area contributed by atoms with Gasteiger partial charge < -0.3 is 5.32 Å². The number of benzene rings is 2. The summed E-state index contributed by atoms with van der Waals surface area (Å²) in [6.45, 7) is 0. The van der Waals surface area contributed by atoms with Gasteiger partial charge >= 0.3 is 0 Å². The highest BCUT2D eigenvalue weighted by Crippen LogP contribution is 2.30. The highest BCUT2D eigenvalue weighted by Gasteiger charge is 2.12. The van der Waals surface area contributed by atoms with E-state index < -0.39 is 0 Å². The van der Waals surface area contributed by atoms with E-state index in [1.54, 1.807) is 47.3 Å². The Hall–Kier alpha value is -2.02. The van der Waals surface area contributed by atoms with Crippen LogP contribution in [0.3, 0.4) is 0 Å².